The standard InChI is InChI=1S/C16H27N3O3S/c1-4-18-11-9-14(12-18)17(3)23(20,21)19-10-5-6-15(19)16-8-7-13(2)22-16/h7-8,14-15H,4-6,9-12H2,1-3H3/t14-,15+/m0/s1. The summed E-state index contributed by atoms with van der Waals surface area (Å²) in [5.74, 6) is 1.59. The summed E-state index contributed by atoms with van der Waals surface area (Å²) in [6.07, 6.45) is 2.61. The van der Waals surface area contributed by atoms with E-state index in [-0.39, 0.29) is 12.1 Å². The van der Waals surface area contributed by atoms with Crippen LogP contribution in [0.2, 0.25) is 0 Å². The van der Waals surface area contributed by atoms with E-state index in [1.165, 1.54) is 0 Å². The van der Waals surface area contributed by atoms with Crippen molar-refractivity contribution in [2.24, 2.45) is 0 Å². The first-order chi connectivity index (χ1) is 10.9. The van der Waals surface area contributed by atoms with Crippen LogP contribution in [-0.2, 0) is 10.2 Å². The smallest absolute Gasteiger partial charge is 0.282 e. The third-order valence-corrected chi connectivity index (χ3v) is 7.22. The molecule has 3 rings (SSSR count). The lowest BCUT2D eigenvalue weighted by atomic mass is 10.2. The minimum Gasteiger partial charge on any atom is -0.465 e. The fourth-order valence-electron chi connectivity index (χ4n) is 3.68. The number of furan rings is 1. The minimum atomic E-state index is -3.46. The van der Waals surface area contributed by atoms with Gasteiger partial charge < -0.3 is 9.32 Å². The summed E-state index contributed by atoms with van der Waals surface area (Å²) >= 11 is 0. The van der Waals surface area contributed by atoms with Gasteiger partial charge >= 0.3 is 0 Å². The van der Waals surface area contributed by atoms with Gasteiger partial charge in [0.05, 0.1) is 6.04 Å². The molecule has 0 radical (unpaired) electrons. The molecule has 0 bridgehead atoms. The van der Waals surface area contributed by atoms with Crippen molar-refractivity contribution in [3.63, 3.8) is 0 Å². The number of likely N-dealkylation sites (tertiary alicyclic amines) is 1. The molecule has 7 heteroatoms. The van der Waals surface area contributed by atoms with E-state index in [0.29, 0.717) is 6.54 Å². The van der Waals surface area contributed by atoms with Crippen LogP contribution < -0.4 is 0 Å². The average molecular weight is 341 g/mol. The summed E-state index contributed by atoms with van der Waals surface area (Å²) in [5, 5.41) is 0. The van der Waals surface area contributed by atoms with Crippen molar-refractivity contribution in [1.29, 1.82) is 0 Å². The Kier molecular flexibility index (Phi) is 4.83. The maximum absolute atomic E-state index is 13.1. The van der Waals surface area contributed by atoms with Crippen molar-refractivity contribution in [3.05, 3.63) is 23.7 Å². The topological polar surface area (TPSA) is 57.0 Å². The summed E-state index contributed by atoms with van der Waals surface area (Å²) in [6, 6.07) is 3.71. The Hall–Kier alpha value is -0.890. The van der Waals surface area contributed by atoms with Gasteiger partial charge in [0.25, 0.3) is 10.2 Å². The molecule has 0 saturated carbocycles. The van der Waals surface area contributed by atoms with Gasteiger partial charge in [-0.2, -0.15) is 17.0 Å². The Morgan fingerprint density at radius 2 is 2.09 bits per heavy atom. The lowest BCUT2D eigenvalue weighted by molar-refractivity contribution is 0.278. The van der Waals surface area contributed by atoms with Crippen molar-refractivity contribution in [2.45, 2.75) is 45.2 Å². The van der Waals surface area contributed by atoms with Crippen molar-refractivity contribution in [3.8, 4) is 0 Å². The Balaban J connectivity index is 1.78. The van der Waals surface area contributed by atoms with Crippen molar-refractivity contribution in [2.75, 3.05) is 33.2 Å². The molecular formula is C16H27N3O3S. The lowest BCUT2D eigenvalue weighted by Crippen LogP contribution is -2.47. The van der Waals surface area contributed by atoms with E-state index in [1.54, 1.807) is 15.7 Å². The number of rotatable bonds is 5. The Morgan fingerprint density at radius 1 is 1.30 bits per heavy atom. The predicted octanol–water partition coefficient (Wildman–Crippen LogP) is 2.00. The first-order valence-corrected chi connectivity index (χ1v) is 9.86. The van der Waals surface area contributed by atoms with Gasteiger partial charge in [-0.3, -0.25) is 0 Å². The van der Waals surface area contributed by atoms with E-state index in [1.807, 2.05) is 19.1 Å². The predicted molar refractivity (Wildman–Crippen MR) is 89.3 cm³/mol. The first-order valence-electron chi connectivity index (χ1n) is 8.47. The highest BCUT2D eigenvalue weighted by Gasteiger charge is 2.42. The van der Waals surface area contributed by atoms with Gasteiger partial charge in [-0.1, -0.05) is 6.92 Å². The molecule has 6 nitrogen and oxygen atoms in total. The minimum absolute atomic E-state index is 0.0690. The molecule has 0 aromatic carbocycles. The molecular weight excluding hydrogens is 314 g/mol. The molecule has 2 fully saturated rings. The molecule has 0 N–H and O–H groups in total. The zero-order valence-electron chi connectivity index (χ0n) is 14.2. The fraction of sp³-hybridized carbons (Fsp3) is 0.750. The van der Waals surface area contributed by atoms with Crippen LogP contribution in [0, 0.1) is 6.92 Å². The SMILES string of the molecule is CCN1CC[C@H](N(C)S(=O)(=O)N2CCC[C@@H]2c2ccc(C)o2)C1. The number of aryl methyl sites for hydroxylation is 1. The highest BCUT2D eigenvalue weighted by Crippen LogP contribution is 2.36. The van der Waals surface area contributed by atoms with Gasteiger partial charge in [-0.05, 0) is 51.4 Å². The molecule has 130 valence electrons. The molecule has 2 saturated heterocycles. The third-order valence-electron chi connectivity index (χ3n) is 5.16. The van der Waals surface area contributed by atoms with Crippen LogP contribution in [0.5, 0.6) is 0 Å². The maximum atomic E-state index is 13.1. The highest BCUT2D eigenvalue weighted by molar-refractivity contribution is 7.86. The second-order valence-electron chi connectivity index (χ2n) is 6.58. The van der Waals surface area contributed by atoms with Crippen LogP contribution in [0.15, 0.2) is 16.5 Å². The molecule has 0 aliphatic carbocycles. The van der Waals surface area contributed by atoms with E-state index in [0.717, 1.165) is 50.4 Å². The van der Waals surface area contributed by atoms with Crippen LogP contribution in [0.1, 0.15) is 43.7 Å². The monoisotopic (exact) mass is 341 g/mol. The van der Waals surface area contributed by atoms with Gasteiger partial charge in [0.15, 0.2) is 0 Å². The van der Waals surface area contributed by atoms with Gasteiger partial charge in [0.1, 0.15) is 11.5 Å². The largest absolute Gasteiger partial charge is 0.465 e. The van der Waals surface area contributed by atoms with Crippen molar-refractivity contribution >= 4 is 10.2 Å². The number of hydrogen-bond acceptors (Lipinski definition) is 4. The molecule has 2 atom stereocenters. The van der Waals surface area contributed by atoms with E-state index in [4.69, 9.17) is 4.42 Å². The summed E-state index contributed by atoms with van der Waals surface area (Å²) in [6.45, 7) is 7.35. The Bertz CT molecular complexity index is 643. The average Bonchev–Trinajstić information content (AvgIpc) is 3.25. The maximum Gasteiger partial charge on any atom is 0.282 e. The zero-order chi connectivity index (χ0) is 16.6. The van der Waals surface area contributed by atoms with Crippen LogP contribution in [0.3, 0.4) is 0 Å². The molecule has 1 aromatic heterocycles. The van der Waals surface area contributed by atoms with E-state index < -0.39 is 10.2 Å². The summed E-state index contributed by atoms with van der Waals surface area (Å²) in [5.41, 5.74) is 0. The number of nitrogens with zero attached hydrogens (tertiary/aromatic N) is 3. The summed E-state index contributed by atoms with van der Waals surface area (Å²) < 4.78 is 35.1. The second-order valence-corrected chi connectivity index (χ2v) is 8.52. The van der Waals surface area contributed by atoms with Gasteiger partial charge in [0.2, 0.25) is 0 Å². The Morgan fingerprint density at radius 3 is 2.70 bits per heavy atom. The second kappa shape index (κ2) is 6.55. The van der Waals surface area contributed by atoms with Gasteiger partial charge in [0, 0.05) is 26.2 Å². The van der Waals surface area contributed by atoms with Gasteiger partial charge in [-0.25, -0.2) is 0 Å². The van der Waals surface area contributed by atoms with Gasteiger partial charge in [-0.15, -0.1) is 0 Å². The summed E-state index contributed by atoms with van der Waals surface area (Å²) in [4.78, 5) is 2.30. The van der Waals surface area contributed by atoms with Crippen LogP contribution in [0.25, 0.3) is 0 Å². The molecule has 0 unspecified atom stereocenters. The molecule has 2 aliphatic rings. The lowest BCUT2D eigenvalue weighted by Gasteiger charge is -2.31. The number of hydrogen-bond donors (Lipinski definition) is 0. The highest BCUT2D eigenvalue weighted by atomic mass is 32.2. The zero-order valence-corrected chi connectivity index (χ0v) is 15.1. The van der Waals surface area contributed by atoms with E-state index >= 15 is 0 Å². The van der Waals surface area contributed by atoms with Crippen LogP contribution in [0.4, 0.5) is 0 Å². The molecule has 0 amide bonds. The van der Waals surface area contributed by atoms with E-state index in [9.17, 15) is 8.42 Å². The molecule has 0 spiro atoms. The molecule has 1 aromatic rings. The van der Waals surface area contributed by atoms with E-state index in [2.05, 4.69) is 11.8 Å². The normalized spacial score (nSPS) is 27.3. The van der Waals surface area contributed by atoms with Crippen LogP contribution >= 0.6 is 0 Å². The van der Waals surface area contributed by atoms with Crippen molar-refractivity contribution in [1.82, 2.24) is 13.5 Å². The van der Waals surface area contributed by atoms with Crippen LogP contribution in [-0.4, -0.2) is 61.2 Å². The molecule has 3 heterocycles. The third kappa shape index (κ3) is 3.20. The molecule has 2 aliphatic heterocycles. The first kappa shape index (κ1) is 17.0. The Labute approximate surface area is 139 Å². The number of likely N-dealkylation sites (N-methyl/N-ethyl adjacent to an activating group) is 2. The summed E-state index contributed by atoms with van der Waals surface area (Å²) in [7, 11) is -1.74. The quantitative estimate of drug-likeness (QED) is 0.822. The van der Waals surface area contributed by atoms with Crippen molar-refractivity contribution < 1.29 is 12.8 Å². The fourth-order valence-corrected chi connectivity index (χ4v) is 5.45. The molecule has 23 heavy (non-hydrogen) atoms.